The van der Waals surface area contributed by atoms with Gasteiger partial charge in [0.2, 0.25) is 0 Å². The first kappa shape index (κ1) is 12.4. The second kappa shape index (κ2) is 4.49. The summed E-state index contributed by atoms with van der Waals surface area (Å²) in [7, 11) is 0. The lowest BCUT2D eigenvalue weighted by molar-refractivity contribution is 0.279. The maximum atomic E-state index is 6.16. The van der Waals surface area contributed by atoms with Gasteiger partial charge in [0, 0.05) is 24.0 Å². The lowest BCUT2D eigenvalue weighted by Crippen LogP contribution is -2.37. The fourth-order valence-electron chi connectivity index (χ4n) is 2.88. The Bertz CT molecular complexity index is 428. The van der Waals surface area contributed by atoms with Crippen molar-refractivity contribution in [1.82, 2.24) is 4.98 Å². The molecule has 1 aliphatic heterocycles. The molecule has 3 nitrogen and oxygen atoms in total. The van der Waals surface area contributed by atoms with Crippen LogP contribution in [0.25, 0.3) is 0 Å². The van der Waals surface area contributed by atoms with Gasteiger partial charge in [-0.3, -0.25) is 0 Å². The topological polar surface area (TPSA) is 42.2 Å². The fourth-order valence-corrected chi connectivity index (χ4v) is 4.10. The first-order chi connectivity index (χ1) is 8.55. The minimum absolute atomic E-state index is 0.181. The van der Waals surface area contributed by atoms with E-state index in [2.05, 4.69) is 18.7 Å². The number of hydrogen-bond acceptors (Lipinski definition) is 4. The molecule has 1 unspecified atom stereocenters. The average Bonchev–Trinajstić information content (AvgIpc) is 2.74. The molecular formula is C14H23N3S. The summed E-state index contributed by atoms with van der Waals surface area (Å²) in [5.41, 5.74) is 7.85. The van der Waals surface area contributed by atoms with Gasteiger partial charge in [-0.15, -0.1) is 11.3 Å². The molecule has 2 heterocycles. The number of aryl methyl sites for hydroxylation is 1. The number of anilines is 1. The molecule has 1 saturated heterocycles. The van der Waals surface area contributed by atoms with Crippen molar-refractivity contribution in [3.8, 4) is 0 Å². The van der Waals surface area contributed by atoms with Gasteiger partial charge in [0.05, 0.1) is 5.69 Å². The molecule has 0 saturated carbocycles. The first-order valence-electron chi connectivity index (χ1n) is 7.05. The molecular weight excluding hydrogens is 242 g/mol. The van der Waals surface area contributed by atoms with E-state index in [-0.39, 0.29) is 6.04 Å². The van der Waals surface area contributed by atoms with Crippen molar-refractivity contribution in [1.29, 1.82) is 0 Å². The molecule has 0 aromatic carbocycles. The van der Waals surface area contributed by atoms with Crippen LogP contribution in [0, 0.1) is 5.41 Å². The zero-order valence-electron chi connectivity index (χ0n) is 11.4. The van der Waals surface area contributed by atoms with E-state index in [1.165, 1.54) is 41.4 Å². The van der Waals surface area contributed by atoms with Crippen molar-refractivity contribution in [2.45, 2.75) is 52.0 Å². The van der Waals surface area contributed by atoms with Gasteiger partial charge in [0.15, 0.2) is 5.13 Å². The largest absolute Gasteiger partial charge is 0.348 e. The van der Waals surface area contributed by atoms with E-state index in [0.29, 0.717) is 5.41 Å². The molecule has 1 fully saturated rings. The van der Waals surface area contributed by atoms with Crippen LogP contribution in [-0.4, -0.2) is 18.1 Å². The van der Waals surface area contributed by atoms with Gasteiger partial charge in [0.1, 0.15) is 0 Å². The first-order valence-corrected chi connectivity index (χ1v) is 7.87. The average molecular weight is 265 g/mol. The van der Waals surface area contributed by atoms with Gasteiger partial charge in [-0.1, -0.05) is 13.8 Å². The second-order valence-electron chi connectivity index (χ2n) is 6.45. The van der Waals surface area contributed by atoms with E-state index in [0.717, 1.165) is 19.5 Å². The molecule has 2 aliphatic rings. The molecule has 1 aliphatic carbocycles. The summed E-state index contributed by atoms with van der Waals surface area (Å²) >= 11 is 1.88. The second-order valence-corrected chi connectivity index (χ2v) is 7.52. The van der Waals surface area contributed by atoms with Crippen molar-refractivity contribution in [3.63, 3.8) is 0 Å². The lowest BCUT2D eigenvalue weighted by atomic mass is 9.83. The molecule has 0 radical (unpaired) electrons. The third-order valence-electron chi connectivity index (χ3n) is 4.37. The molecule has 2 N–H and O–H groups in total. The van der Waals surface area contributed by atoms with Gasteiger partial charge < -0.3 is 10.6 Å². The molecule has 1 aromatic rings. The molecule has 0 amide bonds. The third kappa shape index (κ3) is 2.28. The summed E-state index contributed by atoms with van der Waals surface area (Å²) in [6.07, 6.45) is 6.04. The Balaban J connectivity index is 1.78. The molecule has 1 atom stereocenters. The fraction of sp³-hybridized carbons (Fsp3) is 0.786. The normalized spacial score (nSPS) is 27.1. The van der Waals surface area contributed by atoms with Gasteiger partial charge in [-0.05, 0) is 37.5 Å². The van der Waals surface area contributed by atoms with E-state index < -0.39 is 0 Å². The molecule has 3 rings (SSSR count). The summed E-state index contributed by atoms with van der Waals surface area (Å²) in [4.78, 5) is 8.72. The zero-order chi connectivity index (χ0) is 12.8. The van der Waals surface area contributed by atoms with Crippen LogP contribution in [0.1, 0.15) is 56.1 Å². The number of thiazole rings is 1. The zero-order valence-corrected chi connectivity index (χ0v) is 12.2. The third-order valence-corrected chi connectivity index (χ3v) is 5.57. The highest BCUT2D eigenvalue weighted by Crippen LogP contribution is 2.38. The van der Waals surface area contributed by atoms with Gasteiger partial charge in [-0.2, -0.15) is 0 Å². The van der Waals surface area contributed by atoms with Crippen LogP contribution >= 0.6 is 11.3 Å². The Labute approximate surface area is 113 Å². The number of fused-ring (bicyclic) bond motifs is 1. The van der Waals surface area contributed by atoms with E-state index >= 15 is 0 Å². The van der Waals surface area contributed by atoms with Gasteiger partial charge in [0.25, 0.3) is 0 Å². The van der Waals surface area contributed by atoms with Gasteiger partial charge >= 0.3 is 0 Å². The highest BCUT2D eigenvalue weighted by Gasteiger charge is 2.29. The molecule has 0 bridgehead atoms. The Morgan fingerprint density at radius 2 is 2.06 bits per heavy atom. The van der Waals surface area contributed by atoms with Crippen LogP contribution in [0.15, 0.2) is 0 Å². The van der Waals surface area contributed by atoms with Crippen LogP contribution < -0.4 is 10.6 Å². The lowest BCUT2D eigenvalue weighted by Gasteiger charge is -2.36. The molecule has 1 aromatic heterocycles. The Hall–Kier alpha value is -0.610. The van der Waals surface area contributed by atoms with E-state index in [1.54, 1.807) is 0 Å². The maximum Gasteiger partial charge on any atom is 0.185 e. The van der Waals surface area contributed by atoms with Crippen molar-refractivity contribution in [2.75, 3.05) is 18.0 Å². The molecule has 0 spiro atoms. The predicted molar refractivity (Wildman–Crippen MR) is 77.2 cm³/mol. The summed E-state index contributed by atoms with van der Waals surface area (Å²) in [6, 6.07) is 0.181. The van der Waals surface area contributed by atoms with E-state index in [1.807, 2.05) is 11.3 Å². The van der Waals surface area contributed by atoms with Crippen molar-refractivity contribution >= 4 is 16.5 Å². The van der Waals surface area contributed by atoms with Crippen LogP contribution in [-0.2, 0) is 6.42 Å². The number of hydrogen-bond donors (Lipinski definition) is 1. The Morgan fingerprint density at radius 1 is 1.33 bits per heavy atom. The minimum Gasteiger partial charge on any atom is -0.348 e. The monoisotopic (exact) mass is 265 g/mol. The number of piperidine rings is 1. The minimum atomic E-state index is 0.181. The number of nitrogens with zero attached hydrogens (tertiary/aromatic N) is 2. The van der Waals surface area contributed by atoms with Crippen LogP contribution in [0.4, 0.5) is 5.13 Å². The number of aromatic nitrogens is 1. The highest BCUT2D eigenvalue weighted by atomic mass is 32.1. The standard InChI is InChI=1S/C14H23N3S/c1-14(2)6-8-17(9-7-14)13-16-12-10(15)4-3-5-11(12)18-13/h10H,3-9,15H2,1-2H3. The van der Waals surface area contributed by atoms with Crippen molar-refractivity contribution in [3.05, 3.63) is 10.6 Å². The van der Waals surface area contributed by atoms with Crippen molar-refractivity contribution in [2.24, 2.45) is 11.1 Å². The summed E-state index contributed by atoms with van der Waals surface area (Å²) in [6.45, 7) is 7.03. The summed E-state index contributed by atoms with van der Waals surface area (Å²) in [5, 5.41) is 1.22. The van der Waals surface area contributed by atoms with E-state index in [9.17, 15) is 0 Å². The number of rotatable bonds is 1. The summed E-state index contributed by atoms with van der Waals surface area (Å²) in [5.74, 6) is 0. The van der Waals surface area contributed by atoms with Crippen molar-refractivity contribution < 1.29 is 0 Å². The maximum absolute atomic E-state index is 6.16. The van der Waals surface area contributed by atoms with Gasteiger partial charge in [-0.25, -0.2) is 4.98 Å². The molecule has 18 heavy (non-hydrogen) atoms. The summed E-state index contributed by atoms with van der Waals surface area (Å²) < 4.78 is 0. The SMILES string of the molecule is CC1(C)CCN(c2nc3c(s2)CCCC3N)CC1. The highest BCUT2D eigenvalue weighted by molar-refractivity contribution is 7.15. The van der Waals surface area contributed by atoms with Crippen LogP contribution in [0.5, 0.6) is 0 Å². The Kier molecular flexibility index (Phi) is 3.10. The van der Waals surface area contributed by atoms with Crippen LogP contribution in [0.2, 0.25) is 0 Å². The Morgan fingerprint density at radius 3 is 2.72 bits per heavy atom. The molecule has 4 heteroatoms. The van der Waals surface area contributed by atoms with Crippen LogP contribution in [0.3, 0.4) is 0 Å². The van der Waals surface area contributed by atoms with E-state index in [4.69, 9.17) is 10.7 Å². The quantitative estimate of drug-likeness (QED) is 0.848. The molecule has 100 valence electrons. The smallest absolute Gasteiger partial charge is 0.185 e. The number of nitrogens with two attached hydrogens (primary N) is 1. The predicted octanol–water partition coefficient (Wildman–Crippen LogP) is 3.11.